The van der Waals surface area contributed by atoms with Crippen molar-refractivity contribution in [3.05, 3.63) is 69.5 Å². The minimum absolute atomic E-state index is 0.136. The molecule has 0 radical (unpaired) electrons. The van der Waals surface area contributed by atoms with E-state index in [0.29, 0.717) is 32.5 Å². The van der Waals surface area contributed by atoms with E-state index in [2.05, 4.69) is 34.7 Å². The van der Waals surface area contributed by atoms with Gasteiger partial charge < -0.3 is 15.2 Å². The van der Waals surface area contributed by atoms with Gasteiger partial charge in [0.05, 0.1) is 21.8 Å². The summed E-state index contributed by atoms with van der Waals surface area (Å²) in [7, 11) is 1.79. The number of hydrogen-bond acceptors (Lipinski definition) is 5. The van der Waals surface area contributed by atoms with Crippen LogP contribution in [0.25, 0.3) is 0 Å². The number of aromatic nitrogens is 3. The summed E-state index contributed by atoms with van der Waals surface area (Å²) in [5.41, 5.74) is 2.36. The Morgan fingerprint density at radius 2 is 1.73 bits per heavy atom. The number of hydrogen-bond donors (Lipinski definition) is 2. The highest BCUT2D eigenvalue weighted by Crippen LogP contribution is 2.24. The van der Waals surface area contributed by atoms with Gasteiger partial charge in [0.25, 0.3) is 5.91 Å². The smallest absolute Gasteiger partial charge is 0.251 e. The lowest BCUT2D eigenvalue weighted by Gasteiger charge is -2.14. The van der Waals surface area contributed by atoms with Gasteiger partial charge in [0.15, 0.2) is 11.0 Å². The Morgan fingerprint density at radius 1 is 1.03 bits per heavy atom. The molecular formula is C23H25Cl2N5O2S. The minimum Gasteiger partial charge on any atom is -0.342 e. The quantitative estimate of drug-likeness (QED) is 0.396. The third-order valence-electron chi connectivity index (χ3n) is 4.98. The topological polar surface area (TPSA) is 88.9 Å². The fourth-order valence-corrected chi connectivity index (χ4v) is 4.11. The van der Waals surface area contributed by atoms with Crippen LogP contribution in [0.1, 0.15) is 54.5 Å². The lowest BCUT2D eigenvalue weighted by atomic mass is 10.0. The summed E-state index contributed by atoms with van der Waals surface area (Å²) in [6, 6.07) is 12.1. The van der Waals surface area contributed by atoms with Gasteiger partial charge >= 0.3 is 0 Å². The molecule has 0 unspecified atom stereocenters. The third-order valence-corrected chi connectivity index (χ3v) is 6.74. The number of carbonyl (C=O) groups is 2. The Labute approximate surface area is 207 Å². The summed E-state index contributed by atoms with van der Waals surface area (Å²) in [4.78, 5) is 24.9. The monoisotopic (exact) mass is 505 g/mol. The van der Waals surface area contributed by atoms with Gasteiger partial charge in [-0.25, -0.2) is 0 Å². The molecule has 0 bridgehead atoms. The number of nitrogens with zero attached hydrogens (tertiary/aromatic N) is 3. The number of carbonyl (C=O) groups excluding carboxylic acids is 2. The van der Waals surface area contributed by atoms with Crippen molar-refractivity contribution in [3.8, 4) is 0 Å². The number of thioether (sulfide) groups is 1. The van der Waals surface area contributed by atoms with Crippen LogP contribution in [-0.2, 0) is 11.8 Å². The maximum atomic E-state index is 12.5. The van der Waals surface area contributed by atoms with E-state index in [9.17, 15) is 9.59 Å². The lowest BCUT2D eigenvalue weighted by Crippen LogP contribution is -2.28. The normalized spacial score (nSPS) is 12.0. The average molecular weight is 506 g/mol. The van der Waals surface area contributed by atoms with E-state index in [4.69, 9.17) is 23.2 Å². The first kappa shape index (κ1) is 25.1. The zero-order chi connectivity index (χ0) is 24.1. The number of halogens is 2. The first-order valence-electron chi connectivity index (χ1n) is 10.3. The van der Waals surface area contributed by atoms with Crippen molar-refractivity contribution in [1.29, 1.82) is 0 Å². The van der Waals surface area contributed by atoms with Crippen molar-refractivity contribution >= 4 is 52.5 Å². The summed E-state index contributed by atoms with van der Waals surface area (Å²) in [5, 5.41) is 15.4. The summed E-state index contributed by atoms with van der Waals surface area (Å²) < 4.78 is 1.76. The number of benzene rings is 2. The van der Waals surface area contributed by atoms with Crippen LogP contribution in [0.4, 0.5) is 5.69 Å². The molecule has 0 aliphatic carbocycles. The SMILES string of the molecule is CC(C)c1ccc(NC(=O)CSc2nnc([C@H](C)NC(=O)c3ccc(Cl)c(Cl)c3)n2C)cc1. The zero-order valence-electron chi connectivity index (χ0n) is 18.7. The van der Waals surface area contributed by atoms with E-state index < -0.39 is 6.04 Å². The molecule has 3 aromatic rings. The minimum atomic E-state index is -0.410. The standard InChI is InChI=1S/C23H25Cl2N5O2S/c1-13(2)15-5-8-17(9-6-15)27-20(31)12-33-23-29-28-21(30(23)4)14(3)26-22(32)16-7-10-18(24)19(25)11-16/h5-11,13-14H,12H2,1-4H3,(H,26,32)(H,27,31)/t14-/m0/s1. The van der Waals surface area contributed by atoms with Crippen molar-refractivity contribution in [1.82, 2.24) is 20.1 Å². The summed E-state index contributed by atoms with van der Waals surface area (Å²) >= 11 is 13.2. The highest BCUT2D eigenvalue weighted by Gasteiger charge is 2.19. The Morgan fingerprint density at radius 3 is 2.36 bits per heavy atom. The highest BCUT2D eigenvalue weighted by atomic mass is 35.5. The molecule has 10 heteroatoms. The van der Waals surface area contributed by atoms with Crippen molar-refractivity contribution in [2.75, 3.05) is 11.1 Å². The maximum Gasteiger partial charge on any atom is 0.251 e. The van der Waals surface area contributed by atoms with Crippen molar-refractivity contribution in [3.63, 3.8) is 0 Å². The first-order valence-corrected chi connectivity index (χ1v) is 12.1. The van der Waals surface area contributed by atoms with Gasteiger partial charge in [-0.05, 0) is 48.7 Å². The molecule has 1 heterocycles. The van der Waals surface area contributed by atoms with Gasteiger partial charge in [0.1, 0.15) is 0 Å². The molecule has 0 fully saturated rings. The van der Waals surface area contributed by atoms with Gasteiger partial charge in [0.2, 0.25) is 5.91 Å². The number of anilines is 1. The van der Waals surface area contributed by atoms with Crippen LogP contribution < -0.4 is 10.6 Å². The fraction of sp³-hybridized carbons (Fsp3) is 0.304. The van der Waals surface area contributed by atoms with E-state index in [1.165, 1.54) is 23.4 Å². The Bertz CT molecular complexity index is 1150. The molecule has 174 valence electrons. The van der Waals surface area contributed by atoms with Crippen LogP contribution in [0.5, 0.6) is 0 Å². The van der Waals surface area contributed by atoms with Crippen LogP contribution in [0.3, 0.4) is 0 Å². The molecule has 2 N–H and O–H groups in total. The molecule has 2 aromatic carbocycles. The maximum absolute atomic E-state index is 12.5. The van der Waals surface area contributed by atoms with Crippen molar-refractivity contribution in [2.45, 2.75) is 37.9 Å². The first-order chi connectivity index (χ1) is 15.7. The van der Waals surface area contributed by atoms with Gasteiger partial charge in [-0.15, -0.1) is 10.2 Å². The average Bonchev–Trinajstić information content (AvgIpc) is 3.14. The Kier molecular flexibility index (Phi) is 8.40. The second-order valence-corrected chi connectivity index (χ2v) is 9.59. The molecule has 1 atom stereocenters. The molecule has 2 amide bonds. The number of nitrogens with one attached hydrogen (secondary N) is 2. The Balaban J connectivity index is 1.56. The van der Waals surface area contributed by atoms with Gasteiger partial charge in [-0.2, -0.15) is 0 Å². The molecular weight excluding hydrogens is 481 g/mol. The molecule has 0 saturated heterocycles. The molecule has 0 aliphatic heterocycles. The summed E-state index contributed by atoms with van der Waals surface area (Å²) in [6.07, 6.45) is 0. The van der Waals surface area contributed by atoms with Crippen LogP contribution >= 0.6 is 35.0 Å². The van der Waals surface area contributed by atoms with E-state index in [1.54, 1.807) is 30.7 Å². The summed E-state index contributed by atoms with van der Waals surface area (Å²) in [5.74, 6) is 0.744. The lowest BCUT2D eigenvalue weighted by molar-refractivity contribution is -0.113. The molecule has 1 aromatic heterocycles. The van der Waals surface area contributed by atoms with Crippen molar-refractivity contribution < 1.29 is 9.59 Å². The molecule has 0 aliphatic rings. The fourth-order valence-electron chi connectivity index (χ4n) is 3.09. The van der Waals surface area contributed by atoms with Crippen LogP contribution in [0.15, 0.2) is 47.6 Å². The van der Waals surface area contributed by atoms with Gasteiger partial charge in [0, 0.05) is 18.3 Å². The summed E-state index contributed by atoms with van der Waals surface area (Å²) in [6.45, 7) is 6.05. The molecule has 7 nitrogen and oxygen atoms in total. The predicted octanol–water partition coefficient (Wildman–Crippen LogP) is 5.47. The predicted molar refractivity (Wildman–Crippen MR) is 133 cm³/mol. The van der Waals surface area contributed by atoms with E-state index in [0.717, 1.165) is 5.69 Å². The van der Waals surface area contributed by atoms with E-state index >= 15 is 0 Å². The third kappa shape index (κ3) is 6.50. The molecule has 33 heavy (non-hydrogen) atoms. The zero-order valence-corrected chi connectivity index (χ0v) is 21.1. The second-order valence-electron chi connectivity index (χ2n) is 7.84. The van der Waals surface area contributed by atoms with Crippen LogP contribution in [0.2, 0.25) is 10.0 Å². The highest BCUT2D eigenvalue weighted by molar-refractivity contribution is 7.99. The molecule has 0 spiro atoms. The van der Waals surface area contributed by atoms with Gasteiger partial charge in [-0.3, -0.25) is 9.59 Å². The number of rotatable bonds is 8. The van der Waals surface area contributed by atoms with Crippen LogP contribution in [0, 0.1) is 0 Å². The van der Waals surface area contributed by atoms with E-state index in [-0.39, 0.29) is 17.6 Å². The van der Waals surface area contributed by atoms with Crippen molar-refractivity contribution in [2.24, 2.45) is 7.05 Å². The Hall–Kier alpha value is -2.55. The molecule has 0 saturated carbocycles. The van der Waals surface area contributed by atoms with Crippen LogP contribution in [-0.4, -0.2) is 32.3 Å². The van der Waals surface area contributed by atoms with Gasteiger partial charge in [-0.1, -0.05) is 60.9 Å². The largest absolute Gasteiger partial charge is 0.342 e. The second kappa shape index (κ2) is 11.0. The van der Waals surface area contributed by atoms with E-state index in [1.807, 2.05) is 24.3 Å². The molecule has 3 rings (SSSR count). The number of amides is 2.